The zero-order valence-corrected chi connectivity index (χ0v) is 33.8. The Morgan fingerprint density at radius 2 is 1.21 bits per heavy atom. The van der Waals surface area contributed by atoms with E-state index in [1.807, 2.05) is 6.07 Å². The Morgan fingerprint density at radius 1 is 0.574 bits per heavy atom. The SMILES string of the molecule is C1=CCC(c2c(-c3cccc(-c4cccc(C5=CC(c6ccc(-c7ccccc7)cc6)NC(c6ccccc6)=N5)c4)c3)c3c(c4c(-c5ccccc5)cnn24)CCC=C3)C=C1. The fourth-order valence-electron chi connectivity index (χ4n) is 9.31. The third kappa shape index (κ3) is 6.96. The molecule has 292 valence electrons. The molecule has 1 N–H and O–H groups in total. The number of rotatable bonds is 8. The Hall–Kier alpha value is -7.56. The minimum atomic E-state index is -0.0551. The molecular weight excluding hydrogens is 741 g/mol. The number of amidine groups is 1. The number of fused-ring (bicyclic) bond motifs is 3. The van der Waals surface area contributed by atoms with Crippen LogP contribution in [0.1, 0.15) is 58.3 Å². The van der Waals surface area contributed by atoms with Crippen LogP contribution in [-0.4, -0.2) is 15.4 Å². The molecule has 2 atom stereocenters. The van der Waals surface area contributed by atoms with Crippen LogP contribution in [0.4, 0.5) is 0 Å². The van der Waals surface area contributed by atoms with Crippen LogP contribution >= 0.6 is 0 Å². The summed E-state index contributed by atoms with van der Waals surface area (Å²) in [5, 5.41) is 8.94. The molecular formula is C57H44N4. The number of pyridine rings is 1. The van der Waals surface area contributed by atoms with E-state index < -0.39 is 0 Å². The van der Waals surface area contributed by atoms with Gasteiger partial charge in [-0.1, -0.05) is 188 Å². The molecule has 0 fully saturated rings. The van der Waals surface area contributed by atoms with E-state index in [0.29, 0.717) is 0 Å². The fraction of sp³-hybridized carbons (Fsp3) is 0.0877. The van der Waals surface area contributed by atoms with Crippen molar-refractivity contribution < 1.29 is 0 Å². The summed E-state index contributed by atoms with van der Waals surface area (Å²) in [6, 6.07) is 58.5. The molecule has 0 bridgehead atoms. The molecule has 2 aromatic heterocycles. The van der Waals surface area contributed by atoms with Crippen molar-refractivity contribution in [3.8, 4) is 44.5 Å². The number of benzene rings is 6. The molecule has 2 unspecified atom stereocenters. The maximum absolute atomic E-state index is 5.26. The second kappa shape index (κ2) is 15.9. The van der Waals surface area contributed by atoms with E-state index in [4.69, 9.17) is 10.1 Å². The van der Waals surface area contributed by atoms with Crippen LogP contribution in [-0.2, 0) is 6.42 Å². The first-order chi connectivity index (χ1) is 30.2. The largest absolute Gasteiger partial charge is 0.359 e. The number of aromatic nitrogens is 2. The van der Waals surface area contributed by atoms with E-state index >= 15 is 0 Å². The van der Waals surface area contributed by atoms with Gasteiger partial charge in [0.15, 0.2) is 0 Å². The Balaban J connectivity index is 1.01. The van der Waals surface area contributed by atoms with Gasteiger partial charge in [0.25, 0.3) is 0 Å². The van der Waals surface area contributed by atoms with Gasteiger partial charge in [0.1, 0.15) is 5.84 Å². The summed E-state index contributed by atoms with van der Waals surface area (Å²) in [7, 11) is 0. The van der Waals surface area contributed by atoms with Crippen LogP contribution in [0.15, 0.2) is 211 Å². The lowest BCUT2D eigenvalue weighted by Crippen LogP contribution is -2.31. The molecule has 8 aromatic rings. The van der Waals surface area contributed by atoms with E-state index in [-0.39, 0.29) is 12.0 Å². The zero-order chi connectivity index (χ0) is 40.5. The van der Waals surface area contributed by atoms with Crippen LogP contribution in [0.25, 0.3) is 61.8 Å². The molecule has 3 heterocycles. The van der Waals surface area contributed by atoms with Crippen molar-refractivity contribution in [3.63, 3.8) is 0 Å². The van der Waals surface area contributed by atoms with Crippen molar-refractivity contribution in [3.05, 3.63) is 240 Å². The molecule has 0 radical (unpaired) electrons. The zero-order valence-electron chi connectivity index (χ0n) is 33.8. The lowest BCUT2D eigenvalue weighted by Gasteiger charge is -2.26. The molecule has 0 spiro atoms. The molecule has 1 aliphatic heterocycles. The number of hydrogen-bond donors (Lipinski definition) is 1. The fourth-order valence-corrected chi connectivity index (χ4v) is 9.31. The molecule has 0 amide bonds. The van der Waals surface area contributed by atoms with Crippen LogP contribution in [0, 0.1) is 0 Å². The molecule has 4 nitrogen and oxygen atoms in total. The molecule has 2 aliphatic carbocycles. The van der Waals surface area contributed by atoms with Crippen LogP contribution in [0.2, 0.25) is 0 Å². The van der Waals surface area contributed by atoms with Crippen molar-refractivity contribution in [2.24, 2.45) is 4.99 Å². The van der Waals surface area contributed by atoms with Gasteiger partial charge in [0.2, 0.25) is 0 Å². The lowest BCUT2D eigenvalue weighted by atomic mass is 9.82. The molecule has 3 aliphatic rings. The Bertz CT molecular complexity index is 3060. The molecule has 0 saturated carbocycles. The van der Waals surface area contributed by atoms with Gasteiger partial charge in [-0.25, -0.2) is 9.51 Å². The third-order valence-electron chi connectivity index (χ3n) is 12.3. The second-order valence-corrected chi connectivity index (χ2v) is 16.1. The van der Waals surface area contributed by atoms with Gasteiger partial charge in [-0.3, -0.25) is 0 Å². The standard InChI is InChI=1S/C57H44N4/c1-5-17-39(18-6-1)40-31-33-42(34-32-40)52-37-53(60-57(59-52)44-23-11-4-12-24-44)47-27-15-25-45(35-47)46-26-16-28-48(36-46)54-49-29-13-14-30-50(49)56-51(41-19-7-2-8-20-41)38-58-61(56)55(54)43-21-9-3-10-22-43/h1-13,15-21,23-29,31-38,43,52H,14,22,30H2,(H,59,60). The molecule has 61 heavy (non-hydrogen) atoms. The summed E-state index contributed by atoms with van der Waals surface area (Å²) in [6.45, 7) is 0. The van der Waals surface area contributed by atoms with Gasteiger partial charge in [0, 0.05) is 28.2 Å². The topological polar surface area (TPSA) is 41.7 Å². The third-order valence-corrected chi connectivity index (χ3v) is 12.3. The first-order valence-electron chi connectivity index (χ1n) is 21.4. The highest BCUT2D eigenvalue weighted by atomic mass is 15.2. The smallest absolute Gasteiger partial charge is 0.134 e. The van der Waals surface area contributed by atoms with Crippen LogP contribution in [0.5, 0.6) is 0 Å². The van der Waals surface area contributed by atoms with Gasteiger partial charge in [-0.2, -0.15) is 5.10 Å². The van der Waals surface area contributed by atoms with E-state index in [1.165, 1.54) is 66.8 Å². The predicted molar refractivity (Wildman–Crippen MR) is 253 cm³/mol. The quantitative estimate of drug-likeness (QED) is 0.167. The summed E-state index contributed by atoms with van der Waals surface area (Å²) in [4.78, 5) is 5.26. The predicted octanol–water partition coefficient (Wildman–Crippen LogP) is 13.7. The summed E-state index contributed by atoms with van der Waals surface area (Å²) in [6.07, 6.45) is 20.9. The van der Waals surface area contributed by atoms with Crippen molar-refractivity contribution in [1.29, 1.82) is 0 Å². The molecule has 0 saturated heterocycles. The number of hydrogen-bond acceptors (Lipinski definition) is 3. The highest BCUT2D eigenvalue weighted by Gasteiger charge is 2.28. The van der Waals surface area contributed by atoms with E-state index in [9.17, 15) is 0 Å². The van der Waals surface area contributed by atoms with Gasteiger partial charge in [-0.05, 0) is 87.5 Å². The summed E-state index contributed by atoms with van der Waals surface area (Å²) >= 11 is 0. The average Bonchev–Trinajstić information content (AvgIpc) is 3.80. The number of aliphatic imine (C=N–C) groups is 1. The number of nitrogens with zero attached hydrogens (tertiary/aromatic N) is 3. The van der Waals surface area contributed by atoms with Crippen LogP contribution < -0.4 is 5.32 Å². The number of allylic oxidation sites excluding steroid dienone is 5. The van der Waals surface area contributed by atoms with Crippen molar-refractivity contribution >= 4 is 23.1 Å². The first kappa shape index (κ1) is 36.5. The minimum Gasteiger partial charge on any atom is -0.359 e. The monoisotopic (exact) mass is 784 g/mol. The first-order valence-corrected chi connectivity index (χ1v) is 21.4. The highest BCUT2D eigenvalue weighted by Crippen LogP contribution is 2.44. The van der Waals surface area contributed by atoms with Gasteiger partial charge >= 0.3 is 0 Å². The second-order valence-electron chi connectivity index (χ2n) is 16.1. The molecule has 11 rings (SSSR count). The Labute approximate surface area is 357 Å². The van der Waals surface area contributed by atoms with E-state index in [0.717, 1.165) is 47.5 Å². The van der Waals surface area contributed by atoms with Crippen LogP contribution in [0.3, 0.4) is 0 Å². The Morgan fingerprint density at radius 3 is 1.93 bits per heavy atom. The summed E-state index contributed by atoms with van der Waals surface area (Å²) in [5.41, 5.74) is 19.0. The Kier molecular flexibility index (Phi) is 9.51. The maximum Gasteiger partial charge on any atom is 0.134 e. The molecule has 6 aromatic carbocycles. The molecule has 4 heteroatoms. The lowest BCUT2D eigenvalue weighted by molar-refractivity contribution is 0.753. The van der Waals surface area contributed by atoms with E-state index in [1.54, 1.807) is 0 Å². The normalized spacial score (nSPS) is 16.8. The van der Waals surface area contributed by atoms with Gasteiger partial charge in [-0.15, -0.1) is 0 Å². The average molecular weight is 785 g/mol. The van der Waals surface area contributed by atoms with Crippen molar-refractivity contribution in [2.75, 3.05) is 0 Å². The summed E-state index contributed by atoms with van der Waals surface area (Å²) < 4.78 is 2.27. The summed E-state index contributed by atoms with van der Waals surface area (Å²) in [5.74, 6) is 1.05. The number of nitrogens with one attached hydrogen (secondary N) is 1. The maximum atomic E-state index is 5.26. The van der Waals surface area contributed by atoms with Crippen molar-refractivity contribution in [1.82, 2.24) is 14.9 Å². The highest BCUT2D eigenvalue weighted by molar-refractivity contribution is 6.03. The van der Waals surface area contributed by atoms with Crippen molar-refractivity contribution in [2.45, 2.75) is 31.2 Å². The minimum absolute atomic E-state index is 0.0551. The van der Waals surface area contributed by atoms with Gasteiger partial charge < -0.3 is 5.32 Å². The van der Waals surface area contributed by atoms with E-state index in [2.05, 4.69) is 216 Å². The van der Waals surface area contributed by atoms with Gasteiger partial charge in [0.05, 0.1) is 29.1 Å². The number of aryl methyl sites for hydroxylation is 1.